The van der Waals surface area contributed by atoms with E-state index >= 15 is 0 Å². The van der Waals surface area contributed by atoms with Gasteiger partial charge in [0, 0.05) is 39.3 Å². The van der Waals surface area contributed by atoms with Gasteiger partial charge < -0.3 is 20.4 Å². The monoisotopic (exact) mass is 254 g/mol. The lowest BCUT2D eigenvalue weighted by Crippen LogP contribution is -2.39. The van der Waals surface area contributed by atoms with Crippen LogP contribution in [0.25, 0.3) is 0 Å². The Hall–Kier alpha value is -0.160. The van der Waals surface area contributed by atoms with E-state index < -0.39 is 0 Å². The van der Waals surface area contributed by atoms with Crippen molar-refractivity contribution >= 4 is 0 Å². The van der Waals surface area contributed by atoms with E-state index in [1.165, 1.54) is 65.0 Å². The van der Waals surface area contributed by atoms with E-state index in [0.29, 0.717) is 0 Å². The predicted octanol–water partition coefficient (Wildman–Crippen LogP) is 0.357. The minimum absolute atomic E-state index is 1.15. The van der Waals surface area contributed by atoms with Crippen molar-refractivity contribution in [2.24, 2.45) is 0 Å². The van der Waals surface area contributed by atoms with Crippen LogP contribution in [0.5, 0.6) is 0 Å². The minimum atomic E-state index is 1.15. The highest BCUT2D eigenvalue weighted by molar-refractivity contribution is 4.69. The summed E-state index contributed by atoms with van der Waals surface area (Å²) in [5, 5.41) is 7.12. The van der Waals surface area contributed by atoms with Crippen LogP contribution in [0.3, 0.4) is 0 Å². The van der Waals surface area contributed by atoms with Gasteiger partial charge in [0.1, 0.15) is 0 Å². The molecule has 0 aromatic carbocycles. The van der Waals surface area contributed by atoms with Crippen molar-refractivity contribution < 1.29 is 0 Å². The van der Waals surface area contributed by atoms with E-state index in [2.05, 4.69) is 20.4 Å². The molecule has 2 rings (SSSR count). The molecule has 0 aliphatic carbocycles. The molecule has 2 atom stereocenters. The molecule has 18 heavy (non-hydrogen) atoms. The lowest BCUT2D eigenvalue weighted by molar-refractivity contribution is 0.216. The summed E-state index contributed by atoms with van der Waals surface area (Å²) in [6.45, 7) is 12.2. The maximum atomic E-state index is 3.56. The molecule has 2 heterocycles. The molecule has 2 unspecified atom stereocenters. The van der Waals surface area contributed by atoms with Gasteiger partial charge in [-0.15, -0.1) is 0 Å². The molecule has 0 radical (unpaired) electrons. The standard InChI is InChI=1S/C14H30N4/c1-2-9-17-11-7-15-5-4-6-16-8-12-18(10-3-1)14-13-17/h15-16H,1-14H2. The Kier molecular flexibility index (Phi) is 7.01. The molecule has 0 saturated carbocycles. The number of fused-ring (bicyclic) bond motifs is 3. The van der Waals surface area contributed by atoms with Crippen LogP contribution in [0.4, 0.5) is 0 Å². The second-order valence-electron chi connectivity index (χ2n) is 5.60. The number of hydrogen-bond donors (Lipinski definition) is 2. The minimum Gasteiger partial charge on any atom is -0.315 e. The Morgan fingerprint density at radius 3 is 1.56 bits per heavy atom. The Bertz CT molecular complexity index is 190. The fourth-order valence-corrected chi connectivity index (χ4v) is 2.86. The average molecular weight is 254 g/mol. The highest BCUT2D eigenvalue weighted by Gasteiger charge is 2.12. The van der Waals surface area contributed by atoms with Gasteiger partial charge >= 0.3 is 0 Å². The second-order valence-corrected chi connectivity index (χ2v) is 5.60. The van der Waals surface area contributed by atoms with E-state index in [9.17, 15) is 0 Å². The SMILES string of the molecule is C1CCN2CCNCCCNCCN(CC1)CC2. The Balaban J connectivity index is 1.85. The third-order valence-corrected chi connectivity index (χ3v) is 4.10. The lowest BCUT2D eigenvalue weighted by atomic mass is 10.2. The molecule has 0 aromatic heterocycles. The summed E-state index contributed by atoms with van der Waals surface area (Å²) < 4.78 is 0. The van der Waals surface area contributed by atoms with Crippen molar-refractivity contribution in [2.75, 3.05) is 65.4 Å². The van der Waals surface area contributed by atoms with Gasteiger partial charge in [-0.3, -0.25) is 0 Å². The molecule has 2 aliphatic rings. The molecule has 0 amide bonds. The van der Waals surface area contributed by atoms with Gasteiger partial charge in [-0.25, -0.2) is 0 Å². The zero-order chi connectivity index (χ0) is 12.5. The van der Waals surface area contributed by atoms with Crippen LogP contribution < -0.4 is 10.6 Å². The molecule has 2 N–H and O–H groups in total. The zero-order valence-electron chi connectivity index (χ0n) is 11.8. The van der Waals surface area contributed by atoms with Gasteiger partial charge in [0.05, 0.1) is 0 Å². The largest absolute Gasteiger partial charge is 0.315 e. The summed E-state index contributed by atoms with van der Waals surface area (Å²) in [6, 6.07) is 0. The molecular weight excluding hydrogens is 224 g/mol. The summed E-state index contributed by atoms with van der Waals surface area (Å²) in [5.41, 5.74) is 0. The number of rotatable bonds is 0. The lowest BCUT2D eigenvalue weighted by Gasteiger charge is -2.25. The van der Waals surface area contributed by atoms with Crippen LogP contribution in [-0.4, -0.2) is 75.2 Å². The fourth-order valence-electron chi connectivity index (χ4n) is 2.86. The topological polar surface area (TPSA) is 30.5 Å². The van der Waals surface area contributed by atoms with Crippen molar-refractivity contribution in [3.63, 3.8) is 0 Å². The van der Waals surface area contributed by atoms with Crippen LogP contribution >= 0.6 is 0 Å². The van der Waals surface area contributed by atoms with E-state index in [-0.39, 0.29) is 0 Å². The quantitative estimate of drug-likeness (QED) is 0.653. The van der Waals surface area contributed by atoms with Gasteiger partial charge in [0.25, 0.3) is 0 Å². The summed E-state index contributed by atoms with van der Waals surface area (Å²) in [5.74, 6) is 0. The molecule has 0 aromatic rings. The van der Waals surface area contributed by atoms with Crippen molar-refractivity contribution in [3.05, 3.63) is 0 Å². The normalized spacial score (nSPS) is 33.3. The smallest absolute Gasteiger partial charge is 0.0110 e. The molecule has 2 saturated heterocycles. The third kappa shape index (κ3) is 5.65. The summed E-state index contributed by atoms with van der Waals surface area (Å²) >= 11 is 0. The first-order valence-corrected chi connectivity index (χ1v) is 7.81. The van der Waals surface area contributed by atoms with Gasteiger partial charge in [0.15, 0.2) is 0 Å². The summed E-state index contributed by atoms with van der Waals surface area (Å²) in [7, 11) is 0. The van der Waals surface area contributed by atoms with Gasteiger partial charge in [-0.2, -0.15) is 0 Å². The highest BCUT2D eigenvalue weighted by Crippen LogP contribution is 2.05. The zero-order valence-corrected chi connectivity index (χ0v) is 11.8. The van der Waals surface area contributed by atoms with Crippen LogP contribution in [0, 0.1) is 0 Å². The summed E-state index contributed by atoms with van der Waals surface area (Å²) in [6.07, 6.45) is 5.41. The van der Waals surface area contributed by atoms with E-state index in [1.807, 2.05) is 0 Å². The maximum Gasteiger partial charge on any atom is 0.0110 e. The van der Waals surface area contributed by atoms with Crippen molar-refractivity contribution in [1.29, 1.82) is 0 Å². The molecule has 2 fully saturated rings. The molecular formula is C14H30N4. The van der Waals surface area contributed by atoms with Crippen LogP contribution in [0.2, 0.25) is 0 Å². The van der Waals surface area contributed by atoms with Crippen molar-refractivity contribution in [2.45, 2.75) is 25.7 Å². The maximum absolute atomic E-state index is 3.56. The van der Waals surface area contributed by atoms with Gasteiger partial charge in [0.2, 0.25) is 0 Å². The third-order valence-electron chi connectivity index (χ3n) is 4.10. The van der Waals surface area contributed by atoms with Crippen molar-refractivity contribution in [1.82, 2.24) is 20.4 Å². The van der Waals surface area contributed by atoms with E-state index in [4.69, 9.17) is 0 Å². The number of hydrogen-bond acceptors (Lipinski definition) is 4. The predicted molar refractivity (Wildman–Crippen MR) is 77.1 cm³/mol. The Labute approximate surface area is 112 Å². The first-order chi connectivity index (χ1) is 8.95. The molecule has 106 valence electrons. The first-order valence-electron chi connectivity index (χ1n) is 7.81. The second kappa shape index (κ2) is 8.86. The molecule has 0 spiro atoms. The Morgan fingerprint density at radius 1 is 0.444 bits per heavy atom. The van der Waals surface area contributed by atoms with E-state index in [1.54, 1.807) is 0 Å². The molecule has 2 aliphatic heterocycles. The van der Waals surface area contributed by atoms with Crippen molar-refractivity contribution in [3.8, 4) is 0 Å². The Morgan fingerprint density at radius 2 is 1.00 bits per heavy atom. The first kappa shape index (κ1) is 14.3. The van der Waals surface area contributed by atoms with Gasteiger partial charge in [-0.05, 0) is 45.4 Å². The summed E-state index contributed by atoms with van der Waals surface area (Å²) in [4.78, 5) is 5.30. The molecule has 4 nitrogen and oxygen atoms in total. The van der Waals surface area contributed by atoms with Gasteiger partial charge in [-0.1, -0.05) is 6.42 Å². The number of nitrogens with zero attached hydrogens (tertiary/aromatic N) is 2. The average Bonchev–Trinajstić information content (AvgIpc) is 2.49. The molecule has 4 heteroatoms. The fraction of sp³-hybridized carbons (Fsp3) is 1.00. The van der Waals surface area contributed by atoms with Crippen LogP contribution in [0.1, 0.15) is 25.7 Å². The van der Waals surface area contributed by atoms with Crippen LogP contribution in [0.15, 0.2) is 0 Å². The highest BCUT2D eigenvalue weighted by atomic mass is 15.2. The van der Waals surface area contributed by atoms with E-state index in [0.717, 1.165) is 26.2 Å². The number of nitrogens with one attached hydrogen (secondary N) is 2. The van der Waals surface area contributed by atoms with Crippen LogP contribution in [-0.2, 0) is 0 Å². The molecule has 2 bridgehead atoms.